The Morgan fingerprint density at radius 1 is 1.69 bits per heavy atom. The maximum Gasteiger partial charge on any atom is 0.326 e. The van der Waals surface area contributed by atoms with Crippen molar-refractivity contribution in [2.45, 2.75) is 18.4 Å². The van der Waals surface area contributed by atoms with E-state index in [0.29, 0.717) is 12.5 Å². The molecule has 16 heavy (non-hydrogen) atoms. The fourth-order valence-corrected chi connectivity index (χ4v) is 2.94. The average Bonchev–Trinajstić information content (AvgIpc) is 2.72. The molecule has 2 bridgehead atoms. The summed E-state index contributed by atoms with van der Waals surface area (Å²) in [6.07, 6.45) is 7.11. The van der Waals surface area contributed by atoms with Gasteiger partial charge in [-0.2, -0.15) is 0 Å². The first-order chi connectivity index (χ1) is 7.73. The molecule has 2 aliphatic rings. The van der Waals surface area contributed by atoms with Crippen molar-refractivity contribution < 1.29 is 9.53 Å². The van der Waals surface area contributed by atoms with Crippen LogP contribution in [0.4, 0.5) is 0 Å². The Morgan fingerprint density at radius 3 is 3.19 bits per heavy atom. The Balaban J connectivity index is 2.19. The first-order valence-corrected chi connectivity index (χ1v) is 5.72. The molecule has 2 fully saturated rings. The SMILES string of the molecule is C#CCNC1(C(=O)OC)CCN2CCC1C2. The Labute approximate surface area is 96.3 Å². The maximum atomic E-state index is 12.0. The molecular formula is C12H18N2O2. The van der Waals surface area contributed by atoms with E-state index < -0.39 is 5.54 Å². The lowest BCUT2D eigenvalue weighted by molar-refractivity contribution is -0.152. The predicted octanol–water partition coefficient (Wildman–Crippen LogP) is -0.153. The van der Waals surface area contributed by atoms with Crippen molar-refractivity contribution in [2.24, 2.45) is 5.92 Å². The second-order valence-electron chi connectivity index (χ2n) is 4.56. The molecule has 0 saturated carbocycles. The molecule has 0 amide bonds. The van der Waals surface area contributed by atoms with Crippen molar-refractivity contribution in [1.82, 2.24) is 10.2 Å². The van der Waals surface area contributed by atoms with Gasteiger partial charge in [0.1, 0.15) is 5.54 Å². The number of ether oxygens (including phenoxy) is 1. The molecule has 0 aromatic carbocycles. The van der Waals surface area contributed by atoms with Crippen molar-refractivity contribution in [3.63, 3.8) is 0 Å². The zero-order valence-corrected chi connectivity index (χ0v) is 9.66. The Hall–Kier alpha value is -1.05. The molecule has 4 heteroatoms. The first kappa shape index (κ1) is 11.4. The van der Waals surface area contributed by atoms with Crippen LogP contribution in [0.15, 0.2) is 0 Å². The number of hydrogen-bond donors (Lipinski definition) is 1. The second kappa shape index (κ2) is 4.44. The molecule has 3 atom stereocenters. The molecule has 0 aromatic rings. The highest BCUT2D eigenvalue weighted by Crippen LogP contribution is 2.36. The van der Waals surface area contributed by atoms with Gasteiger partial charge in [-0.1, -0.05) is 5.92 Å². The van der Waals surface area contributed by atoms with Gasteiger partial charge in [-0.15, -0.1) is 6.42 Å². The lowest BCUT2D eigenvalue weighted by Gasteiger charge is -2.40. The van der Waals surface area contributed by atoms with Gasteiger partial charge in [0.05, 0.1) is 13.7 Å². The summed E-state index contributed by atoms with van der Waals surface area (Å²) < 4.78 is 4.95. The summed E-state index contributed by atoms with van der Waals surface area (Å²) in [6, 6.07) is 0. The lowest BCUT2D eigenvalue weighted by atomic mass is 9.78. The van der Waals surface area contributed by atoms with Gasteiger partial charge in [0.25, 0.3) is 0 Å². The summed E-state index contributed by atoms with van der Waals surface area (Å²) in [4.78, 5) is 14.4. The minimum Gasteiger partial charge on any atom is -0.468 e. The van der Waals surface area contributed by atoms with Crippen LogP contribution in [0.2, 0.25) is 0 Å². The Bertz CT molecular complexity index is 323. The van der Waals surface area contributed by atoms with E-state index in [4.69, 9.17) is 11.2 Å². The highest BCUT2D eigenvalue weighted by atomic mass is 16.5. The molecule has 2 aliphatic heterocycles. The fourth-order valence-electron chi connectivity index (χ4n) is 2.94. The number of terminal acetylenes is 1. The Kier molecular flexibility index (Phi) is 3.17. The van der Waals surface area contributed by atoms with Crippen LogP contribution in [0.5, 0.6) is 0 Å². The average molecular weight is 222 g/mol. The summed E-state index contributed by atoms with van der Waals surface area (Å²) in [5.74, 6) is 2.72. The standard InChI is InChI=1S/C12H18N2O2/c1-3-6-13-12(11(15)16-2)5-8-14-7-4-10(12)9-14/h1,10,13H,4-9H2,2H3. The minimum atomic E-state index is -0.547. The molecule has 0 radical (unpaired) electrons. The van der Waals surface area contributed by atoms with Crippen LogP contribution in [-0.4, -0.2) is 49.7 Å². The number of fused-ring (bicyclic) bond motifs is 2. The molecule has 0 aliphatic carbocycles. The van der Waals surface area contributed by atoms with Gasteiger partial charge < -0.3 is 9.64 Å². The first-order valence-electron chi connectivity index (χ1n) is 5.72. The maximum absolute atomic E-state index is 12.0. The van der Waals surface area contributed by atoms with Gasteiger partial charge in [0.2, 0.25) is 0 Å². The van der Waals surface area contributed by atoms with Crippen LogP contribution in [-0.2, 0) is 9.53 Å². The molecule has 88 valence electrons. The third-order valence-corrected chi connectivity index (χ3v) is 3.85. The normalized spacial score (nSPS) is 36.8. The summed E-state index contributed by atoms with van der Waals surface area (Å²) in [5.41, 5.74) is -0.547. The van der Waals surface area contributed by atoms with Crippen molar-refractivity contribution in [3.05, 3.63) is 0 Å². The molecule has 2 heterocycles. The third-order valence-electron chi connectivity index (χ3n) is 3.85. The van der Waals surface area contributed by atoms with E-state index in [9.17, 15) is 4.79 Å². The number of rotatable bonds is 3. The number of carbonyl (C=O) groups is 1. The number of nitrogens with zero attached hydrogens (tertiary/aromatic N) is 1. The number of esters is 1. The van der Waals surface area contributed by atoms with Gasteiger partial charge >= 0.3 is 5.97 Å². The number of methoxy groups -OCH3 is 1. The molecule has 2 saturated heterocycles. The fraction of sp³-hybridized carbons (Fsp3) is 0.750. The van der Waals surface area contributed by atoms with Crippen LogP contribution in [0.3, 0.4) is 0 Å². The van der Waals surface area contributed by atoms with E-state index in [-0.39, 0.29) is 5.97 Å². The van der Waals surface area contributed by atoms with Crippen molar-refractivity contribution in [1.29, 1.82) is 0 Å². The minimum absolute atomic E-state index is 0.158. The summed E-state index contributed by atoms with van der Waals surface area (Å²) in [5, 5.41) is 3.23. The van der Waals surface area contributed by atoms with Crippen LogP contribution in [0.25, 0.3) is 0 Å². The molecular weight excluding hydrogens is 204 g/mol. The number of hydrogen-bond acceptors (Lipinski definition) is 4. The largest absolute Gasteiger partial charge is 0.468 e. The van der Waals surface area contributed by atoms with Crippen LogP contribution >= 0.6 is 0 Å². The summed E-state index contributed by atoms with van der Waals surface area (Å²) in [6.45, 7) is 3.43. The quantitative estimate of drug-likeness (QED) is 0.532. The van der Waals surface area contributed by atoms with E-state index in [1.165, 1.54) is 7.11 Å². The van der Waals surface area contributed by atoms with Crippen LogP contribution in [0, 0.1) is 18.3 Å². The molecule has 0 spiro atoms. The summed E-state index contributed by atoms with van der Waals surface area (Å²) in [7, 11) is 1.45. The number of carbonyl (C=O) groups excluding carboxylic acids is 1. The van der Waals surface area contributed by atoms with E-state index in [2.05, 4.69) is 16.1 Å². The zero-order valence-electron chi connectivity index (χ0n) is 9.66. The van der Waals surface area contributed by atoms with Crippen molar-refractivity contribution in [3.8, 4) is 12.3 Å². The predicted molar refractivity (Wildman–Crippen MR) is 60.7 cm³/mol. The Morgan fingerprint density at radius 2 is 2.50 bits per heavy atom. The molecule has 3 unspecified atom stereocenters. The molecule has 0 aromatic heterocycles. The van der Waals surface area contributed by atoms with Crippen LogP contribution < -0.4 is 5.32 Å². The van der Waals surface area contributed by atoms with Gasteiger partial charge in [-0.05, 0) is 19.4 Å². The van der Waals surface area contributed by atoms with Crippen molar-refractivity contribution >= 4 is 5.97 Å². The summed E-state index contributed by atoms with van der Waals surface area (Å²) >= 11 is 0. The van der Waals surface area contributed by atoms with Gasteiger partial charge in [-0.25, -0.2) is 0 Å². The molecule has 2 rings (SSSR count). The smallest absolute Gasteiger partial charge is 0.326 e. The number of nitrogens with one attached hydrogen (secondary N) is 1. The highest BCUT2D eigenvalue weighted by Gasteiger charge is 2.51. The highest BCUT2D eigenvalue weighted by molar-refractivity contribution is 5.81. The van der Waals surface area contributed by atoms with Crippen molar-refractivity contribution in [2.75, 3.05) is 33.3 Å². The van der Waals surface area contributed by atoms with Crippen LogP contribution in [0.1, 0.15) is 12.8 Å². The zero-order chi connectivity index (χ0) is 11.6. The van der Waals surface area contributed by atoms with E-state index in [1.54, 1.807) is 0 Å². The topological polar surface area (TPSA) is 41.6 Å². The van der Waals surface area contributed by atoms with Gasteiger partial charge in [0, 0.05) is 19.0 Å². The monoisotopic (exact) mass is 222 g/mol. The third kappa shape index (κ3) is 1.70. The van der Waals surface area contributed by atoms with Gasteiger partial charge in [0.15, 0.2) is 0 Å². The lowest BCUT2D eigenvalue weighted by Crippen LogP contribution is -2.61. The second-order valence-corrected chi connectivity index (χ2v) is 4.56. The molecule has 1 N–H and O–H groups in total. The van der Waals surface area contributed by atoms with Gasteiger partial charge in [-0.3, -0.25) is 10.1 Å². The number of piperidine rings is 1. The molecule has 4 nitrogen and oxygen atoms in total. The van der Waals surface area contributed by atoms with E-state index in [0.717, 1.165) is 32.5 Å². The van der Waals surface area contributed by atoms with E-state index in [1.807, 2.05) is 0 Å². The van der Waals surface area contributed by atoms with E-state index >= 15 is 0 Å².